The smallest absolute Gasteiger partial charge is 0.0242 e. The normalized spacial score (nSPS) is 18.5. The number of nitrogens with one attached hydrogen (secondary N) is 1. The highest BCUT2D eigenvalue weighted by Crippen LogP contribution is 2.28. The zero-order valence-corrected chi connectivity index (χ0v) is 17.5. The summed E-state index contributed by atoms with van der Waals surface area (Å²) < 4.78 is 0. The molecule has 1 N–H and O–H groups in total. The van der Waals surface area contributed by atoms with Gasteiger partial charge in [0.1, 0.15) is 0 Å². The van der Waals surface area contributed by atoms with E-state index in [1.807, 2.05) is 13.8 Å². The van der Waals surface area contributed by atoms with Crippen molar-refractivity contribution in [2.45, 2.75) is 67.3 Å². The van der Waals surface area contributed by atoms with Crippen LogP contribution < -0.4 is 0 Å². The molecule has 24 heavy (non-hydrogen) atoms. The fraction of sp³-hybridized carbons (Fsp3) is 0.667. The van der Waals surface area contributed by atoms with Crippen LogP contribution in [0.5, 0.6) is 0 Å². The SMILES string of the molecule is C=C(C)C[C@@H](C)C1CCCN(Cc2ccsc2)C1.CC.CC(C)=N. The Bertz CT molecular complexity index is 446. The van der Waals surface area contributed by atoms with E-state index in [0.717, 1.165) is 18.4 Å². The molecule has 0 bridgehead atoms. The molecule has 2 nitrogen and oxygen atoms in total. The molecule has 1 aliphatic rings. The number of likely N-dealkylation sites (tertiary alicyclic amines) is 1. The van der Waals surface area contributed by atoms with Crippen molar-refractivity contribution in [2.24, 2.45) is 11.8 Å². The molecule has 0 aromatic carbocycles. The molecule has 138 valence electrons. The molecule has 0 spiro atoms. The summed E-state index contributed by atoms with van der Waals surface area (Å²) in [5.74, 6) is 1.64. The monoisotopic (exact) mass is 350 g/mol. The van der Waals surface area contributed by atoms with E-state index in [1.54, 1.807) is 25.2 Å². The van der Waals surface area contributed by atoms with E-state index in [0.29, 0.717) is 5.71 Å². The minimum Gasteiger partial charge on any atom is -0.310 e. The van der Waals surface area contributed by atoms with Crippen LogP contribution in [0.2, 0.25) is 0 Å². The third-order valence-electron chi connectivity index (χ3n) is 4.00. The number of piperidine rings is 1. The molecular weight excluding hydrogens is 312 g/mol. The van der Waals surface area contributed by atoms with E-state index >= 15 is 0 Å². The molecule has 1 aliphatic heterocycles. The maximum atomic E-state index is 6.50. The lowest BCUT2D eigenvalue weighted by atomic mass is 9.83. The maximum absolute atomic E-state index is 6.50. The van der Waals surface area contributed by atoms with E-state index in [2.05, 4.69) is 42.2 Å². The molecule has 1 aromatic heterocycles. The summed E-state index contributed by atoms with van der Waals surface area (Å²) in [6, 6.07) is 2.26. The highest BCUT2D eigenvalue weighted by Gasteiger charge is 2.24. The molecular formula is C21H38N2S. The van der Waals surface area contributed by atoms with Crippen molar-refractivity contribution in [3.05, 3.63) is 34.5 Å². The molecule has 1 aromatic rings. The average molecular weight is 351 g/mol. The Morgan fingerprint density at radius 3 is 2.50 bits per heavy atom. The Balaban J connectivity index is 0.000000773. The summed E-state index contributed by atoms with van der Waals surface area (Å²) in [6.07, 6.45) is 3.95. The third-order valence-corrected chi connectivity index (χ3v) is 4.74. The summed E-state index contributed by atoms with van der Waals surface area (Å²) in [5, 5.41) is 11.0. The second-order valence-electron chi connectivity index (χ2n) is 6.91. The summed E-state index contributed by atoms with van der Waals surface area (Å²) in [5.41, 5.74) is 3.48. The minimum absolute atomic E-state index is 0.667. The van der Waals surface area contributed by atoms with Crippen molar-refractivity contribution in [3.63, 3.8) is 0 Å². The molecule has 1 saturated heterocycles. The largest absolute Gasteiger partial charge is 0.310 e. The van der Waals surface area contributed by atoms with Gasteiger partial charge in [0, 0.05) is 18.8 Å². The van der Waals surface area contributed by atoms with Gasteiger partial charge in [0.05, 0.1) is 0 Å². The van der Waals surface area contributed by atoms with Crippen molar-refractivity contribution in [1.29, 1.82) is 5.41 Å². The number of allylic oxidation sites excluding steroid dienone is 1. The zero-order valence-electron chi connectivity index (χ0n) is 16.7. The van der Waals surface area contributed by atoms with Crippen LogP contribution in [-0.4, -0.2) is 23.7 Å². The van der Waals surface area contributed by atoms with Gasteiger partial charge < -0.3 is 5.41 Å². The van der Waals surface area contributed by atoms with Crippen molar-refractivity contribution >= 4 is 17.0 Å². The predicted octanol–water partition coefficient (Wildman–Crippen LogP) is 6.63. The van der Waals surface area contributed by atoms with E-state index in [9.17, 15) is 0 Å². The van der Waals surface area contributed by atoms with Crippen LogP contribution >= 0.6 is 11.3 Å². The van der Waals surface area contributed by atoms with Gasteiger partial charge in [-0.15, -0.1) is 6.58 Å². The summed E-state index contributed by atoms with van der Waals surface area (Å²) in [6.45, 7) is 19.8. The summed E-state index contributed by atoms with van der Waals surface area (Å²) in [7, 11) is 0. The highest BCUT2D eigenvalue weighted by molar-refractivity contribution is 7.07. The van der Waals surface area contributed by atoms with Gasteiger partial charge in [0.2, 0.25) is 0 Å². The van der Waals surface area contributed by atoms with E-state index in [4.69, 9.17) is 5.41 Å². The van der Waals surface area contributed by atoms with Crippen LogP contribution in [-0.2, 0) is 6.54 Å². The lowest BCUT2D eigenvalue weighted by Gasteiger charge is -2.35. The van der Waals surface area contributed by atoms with Crippen LogP contribution in [0.3, 0.4) is 0 Å². The molecule has 1 unspecified atom stereocenters. The van der Waals surface area contributed by atoms with Crippen molar-refractivity contribution in [1.82, 2.24) is 4.90 Å². The lowest BCUT2D eigenvalue weighted by molar-refractivity contribution is 0.133. The number of thiophene rings is 1. The fourth-order valence-electron chi connectivity index (χ4n) is 3.06. The molecule has 0 saturated carbocycles. The standard InChI is InChI=1S/C16H25NS.C3H7N.C2H6/c1-13(2)9-14(3)16-5-4-7-17(11-16)10-15-6-8-18-12-15;1-3(2)4;1-2/h6,8,12,14,16H,1,4-5,7,9-11H2,2-3H3;4H,1-2H3;1-2H3/t14-,16?;;/m1../s1. The Morgan fingerprint density at radius 2 is 2.00 bits per heavy atom. The Hall–Kier alpha value is -0.930. The lowest BCUT2D eigenvalue weighted by Crippen LogP contribution is -2.37. The van der Waals surface area contributed by atoms with E-state index in [-0.39, 0.29) is 0 Å². The number of nitrogens with zero attached hydrogens (tertiary/aromatic N) is 1. The molecule has 0 aliphatic carbocycles. The molecule has 2 atom stereocenters. The first kappa shape index (κ1) is 23.1. The van der Waals surface area contributed by atoms with Crippen molar-refractivity contribution < 1.29 is 0 Å². The zero-order chi connectivity index (χ0) is 18.5. The van der Waals surface area contributed by atoms with E-state index in [1.165, 1.54) is 43.5 Å². The van der Waals surface area contributed by atoms with Crippen molar-refractivity contribution in [3.8, 4) is 0 Å². The van der Waals surface area contributed by atoms with Gasteiger partial charge in [-0.1, -0.05) is 26.3 Å². The Labute approximate surface area is 154 Å². The van der Waals surface area contributed by atoms with E-state index < -0.39 is 0 Å². The number of hydrogen-bond acceptors (Lipinski definition) is 3. The number of hydrogen-bond donors (Lipinski definition) is 1. The van der Waals surface area contributed by atoms with Crippen LogP contribution in [0.4, 0.5) is 0 Å². The molecule has 0 radical (unpaired) electrons. The second-order valence-corrected chi connectivity index (χ2v) is 7.69. The first-order chi connectivity index (χ1) is 11.4. The van der Waals surface area contributed by atoms with Gasteiger partial charge in [-0.2, -0.15) is 11.3 Å². The Morgan fingerprint density at radius 1 is 1.38 bits per heavy atom. The van der Waals surface area contributed by atoms with Crippen LogP contribution in [0.1, 0.15) is 66.4 Å². The first-order valence-electron chi connectivity index (χ1n) is 9.28. The predicted molar refractivity (Wildman–Crippen MR) is 111 cm³/mol. The molecule has 2 rings (SSSR count). The van der Waals surface area contributed by atoms with Crippen LogP contribution in [0.15, 0.2) is 29.0 Å². The minimum atomic E-state index is 0.667. The van der Waals surface area contributed by atoms with Gasteiger partial charge in [0.25, 0.3) is 0 Å². The molecule has 0 amide bonds. The van der Waals surface area contributed by atoms with Crippen molar-refractivity contribution in [2.75, 3.05) is 13.1 Å². The topological polar surface area (TPSA) is 27.1 Å². The first-order valence-corrected chi connectivity index (χ1v) is 10.2. The van der Waals surface area contributed by atoms with Gasteiger partial charge >= 0.3 is 0 Å². The number of rotatable bonds is 5. The molecule has 3 heteroatoms. The fourth-order valence-corrected chi connectivity index (χ4v) is 3.72. The maximum Gasteiger partial charge on any atom is 0.0242 e. The highest BCUT2D eigenvalue weighted by atomic mass is 32.1. The van der Waals surface area contributed by atoms with Gasteiger partial charge in [-0.05, 0) is 80.8 Å². The molecule has 2 heterocycles. The van der Waals surface area contributed by atoms with Gasteiger partial charge in [-0.3, -0.25) is 4.90 Å². The van der Waals surface area contributed by atoms with Gasteiger partial charge in [0.15, 0.2) is 0 Å². The van der Waals surface area contributed by atoms with Crippen LogP contribution in [0, 0.1) is 17.2 Å². The Kier molecular flexibility index (Phi) is 12.9. The van der Waals surface area contributed by atoms with Crippen LogP contribution in [0.25, 0.3) is 0 Å². The third kappa shape index (κ3) is 10.8. The quantitative estimate of drug-likeness (QED) is 0.468. The molecule has 1 fully saturated rings. The average Bonchev–Trinajstić information content (AvgIpc) is 3.01. The summed E-state index contributed by atoms with van der Waals surface area (Å²) >= 11 is 1.81. The summed E-state index contributed by atoms with van der Waals surface area (Å²) in [4.78, 5) is 2.63. The van der Waals surface area contributed by atoms with Gasteiger partial charge in [-0.25, -0.2) is 0 Å². The second kappa shape index (κ2) is 13.4.